The van der Waals surface area contributed by atoms with Crippen molar-refractivity contribution in [2.45, 2.75) is 70.1 Å². The molecule has 3 aliphatic rings. The van der Waals surface area contributed by atoms with Crippen LogP contribution in [-0.4, -0.2) is 71.8 Å². The van der Waals surface area contributed by atoms with Crippen molar-refractivity contribution in [3.63, 3.8) is 0 Å². The maximum absolute atomic E-state index is 13.2. The second-order valence-electron chi connectivity index (χ2n) is 13.8. The molecule has 1 atom stereocenters. The Kier molecular flexibility index (Phi) is 8.39. The van der Waals surface area contributed by atoms with Gasteiger partial charge in [-0.15, -0.1) is 0 Å². The second-order valence-corrected chi connectivity index (χ2v) is 13.8. The van der Waals surface area contributed by atoms with E-state index in [1.165, 1.54) is 0 Å². The predicted octanol–water partition coefficient (Wildman–Crippen LogP) is 4.77. The zero-order valence-electron chi connectivity index (χ0n) is 29.0. The maximum Gasteiger partial charge on any atom is 0.262 e. The van der Waals surface area contributed by atoms with Crippen LogP contribution in [0, 0.1) is 6.92 Å². The fraction of sp³-hybridized carbons (Fsp3) is 0.289. The maximum atomic E-state index is 13.2. The Hall–Kier alpha value is -6.51. The van der Waals surface area contributed by atoms with Crippen LogP contribution in [0.15, 0.2) is 77.7 Å². The summed E-state index contributed by atoms with van der Waals surface area (Å²) in [6, 6.07) is 15.8. The molecule has 2 aliphatic heterocycles. The van der Waals surface area contributed by atoms with E-state index in [4.69, 9.17) is 19.0 Å². The molecule has 53 heavy (non-hydrogen) atoms. The number of nitrogens with one attached hydrogen (secondary N) is 2. The van der Waals surface area contributed by atoms with Gasteiger partial charge in [0.15, 0.2) is 5.75 Å². The lowest BCUT2D eigenvalue weighted by Crippen LogP contribution is -2.54. The molecule has 3 aromatic heterocycles. The number of aryl methyl sites for hydroxylation is 1. The molecule has 2 N–H and O–H groups in total. The predicted molar refractivity (Wildman–Crippen MR) is 187 cm³/mol. The van der Waals surface area contributed by atoms with Crippen molar-refractivity contribution in [2.75, 3.05) is 5.32 Å². The van der Waals surface area contributed by atoms with E-state index in [2.05, 4.69) is 44.6 Å². The summed E-state index contributed by atoms with van der Waals surface area (Å²) in [4.78, 5) is 68.4. The summed E-state index contributed by atoms with van der Waals surface area (Å²) in [6.07, 6.45) is 6.52. The van der Waals surface area contributed by atoms with E-state index in [9.17, 15) is 19.2 Å². The van der Waals surface area contributed by atoms with Gasteiger partial charge in [0.25, 0.3) is 11.8 Å². The highest BCUT2D eigenvalue weighted by molar-refractivity contribution is 6.23. The summed E-state index contributed by atoms with van der Waals surface area (Å²) in [7, 11) is 0. The number of imide groups is 2. The molecule has 15 heteroatoms. The molecular weight excluding hydrogens is 680 g/mol. The standard InChI is InChI=1S/C38H34N8O7/c1-20-42-34(45-53-20)33-40-18-27(19-41-33)51-24-7-4-21(5-8-24)38(2,3)31-12-9-25(17-39-31)52-26-14-23(15-26)43-22-6-10-28-29(16-22)37(50)46(36(28)49)30-11-13-32(47)44-35(30)48/h4-10,12,16-19,23,26,30,43H,11,13-15H2,1-3H3,(H,44,47,48). The monoisotopic (exact) mass is 714 g/mol. The minimum absolute atomic E-state index is 0.00820. The van der Waals surface area contributed by atoms with E-state index in [-0.39, 0.29) is 36.1 Å². The SMILES string of the molecule is Cc1nc(-c2ncc(Oc3ccc(C(C)(C)c4ccc(OC5CC(Nc6ccc7c(c6)C(=O)N(C6CCC(=O)NC6=O)C7=O)C5)cn4)cc3)cn2)no1. The van der Waals surface area contributed by atoms with E-state index in [0.29, 0.717) is 40.5 Å². The lowest BCUT2D eigenvalue weighted by molar-refractivity contribution is -0.136. The number of fused-ring (bicyclic) bond motifs is 1. The molecule has 1 unspecified atom stereocenters. The average molecular weight is 715 g/mol. The number of ether oxygens (including phenoxy) is 2. The summed E-state index contributed by atoms with van der Waals surface area (Å²) in [5, 5.41) is 9.46. The van der Waals surface area contributed by atoms with Crippen molar-refractivity contribution in [3.05, 3.63) is 101 Å². The molecule has 0 spiro atoms. The zero-order valence-corrected chi connectivity index (χ0v) is 29.0. The van der Waals surface area contributed by atoms with E-state index in [1.807, 2.05) is 36.4 Å². The molecule has 1 saturated carbocycles. The van der Waals surface area contributed by atoms with Crippen LogP contribution in [-0.2, 0) is 15.0 Å². The van der Waals surface area contributed by atoms with Crippen molar-refractivity contribution in [2.24, 2.45) is 0 Å². The zero-order chi connectivity index (χ0) is 36.9. The molecule has 0 radical (unpaired) electrons. The van der Waals surface area contributed by atoms with Gasteiger partial charge in [-0.25, -0.2) is 9.97 Å². The number of carbonyl (C=O) groups excluding carboxylic acids is 4. The quantitative estimate of drug-likeness (QED) is 0.188. The summed E-state index contributed by atoms with van der Waals surface area (Å²) in [5.74, 6) is 0.786. The van der Waals surface area contributed by atoms with Crippen molar-refractivity contribution in [1.82, 2.24) is 35.3 Å². The first-order valence-corrected chi connectivity index (χ1v) is 17.2. The first-order chi connectivity index (χ1) is 25.5. The van der Waals surface area contributed by atoms with Gasteiger partial charge in [-0.3, -0.25) is 34.4 Å². The number of piperidine rings is 1. The van der Waals surface area contributed by atoms with Crippen LogP contribution in [0.25, 0.3) is 11.6 Å². The van der Waals surface area contributed by atoms with Gasteiger partial charge in [0, 0.05) is 43.3 Å². The average Bonchev–Trinajstić information content (AvgIpc) is 3.68. The Morgan fingerprint density at radius 3 is 2.25 bits per heavy atom. The van der Waals surface area contributed by atoms with Gasteiger partial charge in [-0.2, -0.15) is 4.98 Å². The molecule has 2 aromatic carbocycles. The molecule has 4 amide bonds. The van der Waals surface area contributed by atoms with E-state index in [0.717, 1.165) is 29.0 Å². The van der Waals surface area contributed by atoms with Crippen molar-refractivity contribution in [3.8, 4) is 28.9 Å². The van der Waals surface area contributed by atoms with Crippen LogP contribution in [0.5, 0.6) is 17.2 Å². The molecule has 268 valence electrons. The fourth-order valence-corrected chi connectivity index (χ4v) is 6.69. The van der Waals surface area contributed by atoms with Crippen LogP contribution in [0.2, 0.25) is 0 Å². The summed E-state index contributed by atoms with van der Waals surface area (Å²) >= 11 is 0. The molecule has 2 fully saturated rings. The van der Waals surface area contributed by atoms with Gasteiger partial charge in [0.05, 0.1) is 35.4 Å². The fourth-order valence-electron chi connectivity index (χ4n) is 6.69. The third-order valence-electron chi connectivity index (χ3n) is 9.75. The van der Waals surface area contributed by atoms with Gasteiger partial charge in [0.1, 0.15) is 23.6 Å². The Bertz CT molecular complexity index is 2230. The van der Waals surface area contributed by atoms with Crippen LogP contribution < -0.4 is 20.1 Å². The second kappa shape index (κ2) is 13.2. The van der Waals surface area contributed by atoms with Crippen LogP contribution in [0.3, 0.4) is 0 Å². The Morgan fingerprint density at radius 2 is 1.57 bits per heavy atom. The highest BCUT2D eigenvalue weighted by Gasteiger charge is 2.45. The minimum Gasteiger partial charge on any atom is -0.489 e. The molecule has 1 saturated heterocycles. The first kappa shape index (κ1) is 33.6. The Morgan fingerprint density at radius 1 is 0.849 bits per heavy atom. The summed E-state index contributed by atoms with van der Waals surface area (Å²) < 4.78 is 17.1. The van der Waals surface area contributed by atoms with Crippen LogP contribution in [0.1, 0.15) is 77.4 Å². The van der Waals surface area contributed by atoms with Crippen molar-refractivity contribution in [1.29, 1.82) is 0 Å². The number of benzene rings is 2. The Labute approximate surface area is 303 Å². The number of hydrogen-bond donors (Lipinski definition) is 2. The van der Waals surface area contributed by atoms with E-state index < -0.39 is 35.1 Å². The normalized spacial score (nSPS) is 19.8. The topological polar surface area (TPSA) is 192 Å². The van der Waals surface area contributed by atoms with Crippen LogP contribution in [0.4, 0.5) is 5.69 Å². The highest BCUT2D eigenvalue weighted by atomic mass is 16.5. The van der Waals surface area contributed by atoms with Gasteiger partial charge < -0.3 is 19.3 Å². The number of anilines is 1. The molecule has 0 bridgehead atoms. The molecule has 5 aromatic rings. The third kappa shape index (κ3) is 6.56. The van der Waals surface area contributed by atoms with E-state index in [1.54, 1.807) is 43.7 Å². The van der Waals surface area contributed by atoms with Gasteiger partial charge in [-0.1, -0.05) is 31.1 Å². The summed E-state index contributed by atoms with van der Waals surface area (Å²) in [6.45, 7) is 5.91. The number of rotatable bonds is 10. The number of nitrogens with zero attached hydrogens (tertiary/aromatic N) is 6. The molecule has 1 aliphatic carbocycles. The lowest BCUT2D eigenvalue weighted by atomic mass is 9.81. The lowest BCUT2D eigenvalue weighted by Gasteiger charge is -2.36. The van der Waals surface area contributed by atoms with E-state index >= 15 is 0 Å². The van der Waals surface area contributed by atoms with Gasteiger partial charge in [-0.05, 0) is 54.4 Å². The van der Waals surface area contributed by atoms with Crippen LogP contribution >= 0.6 is 0 Å². The smallest absolute Gasteiger partial charge is 0.262 e. The number of amides is 4. The van der Waals surface area contributed by atoms with Gasteiger partial charge in [0.2, 0.25) is 29.4 Å². The summed E-state index contributed by atoms with van der Waals surface area (Å²) in [5.41, 5.74) is 2.73. The third-order valence-corrected chi connectivity index (χ3v) is 9.75. The van der Waals surface area contributed by atoms with Crippen molar-refractivity contribution >= 4 is 29.3 Å². The number of hydrogen-bond acceptors (Lipinski definition) is 13. The Balaban J connectivity index is 0.829. The number of pyridine rings is 1. The van der Waals surface area contributed by atoms with Crippen molar-refractivity contribution < 1.29 is 33.2 Å². The number of carbonyl (C=O) groups is 4. The molecule has 5 heterocycles. The first-order valence-electron chi connectivity index (χ1n) is 17.2. The molecule has 8 rings (SSSR count). The number of aromatic nitrogens is 5. The minimum atomic E-state index is -0.996. The molecular formula is C38H34N8O7. The largest absolute Gasteiger partial charge is 0.489 e. The van der Waals surface area contributed by atoms with Gasteiger partial charge >= 0.3 is 0 Å². The highest BCUT2D eigenvalue weighted by Crippen LogP contribution is 2.35. The molecule has 15 nitrogen and oxygen atoms in total.